The Labute approximate surface area is 207 Å². The van der Waals surface area contributed by atoms with E-state index < -0.39 is 11.7 Å². The summed E-state index contributed by atoms with van der Waals surface area (Å²) >= 11 is 0. The minimum Gasteiger partial charge on any atom is -0.491 e. The van der Waals surface area contributed by atoms with Gasteiger partial charge in [0.2, 0.25) is 11.7 Å². The summed E-state index contributed by atoms with van der Waals surface area (Å²) in [5.74, 6) is 0.173. The average Bonchev–Trinajstić information content (AvgIpc) is 3.30. The van der Waals surface area contributed by atoms with Crippen molar-refractivity contribution in [1.82, 2.24) is 20.0 Å². The summed E-state index contributed by atoms with van der Waals surface area (Å²) < 4.78 is 25.4. The molecule has 0 fully saturated rings. The number of nitrogens with one attached hydrogen (secondary N) is 1. The molecule has 182 valence electrons. The molecule has 0 bridgehead atoms. The number of amides is 1. The zero-order chi connectivity index (χ0) is 25.7. The highest BCUT2D eigenvalue weighted by molar-refractivity contribution is 6.04. The number of pyridine rings is 1. The van der Waals surface area contributed by atoms with Gasteiger partial charge in [0, 0.05) is 42.5 Å². The predicted molar refractivity (Wildman–Crippen MR) is 131 cm³/mol. The number of rotatable bonds is 8. The summed E-state index contributed by atoms with van der Waals surface area (Å²) in [6.07, 6.45) is 1.37. The van der Waals surface area contributed by atoms with Crippen molar-refractivity contribution in [3.63, 3.8) is 0 Å². The summed E-state index contributed by atoms with van der Waals surface area (Å²) in [6, 6.07) is 14.6. The number of likely N-dealkylation sites (N-methyl/N-ethyl adjacent to an activating group) is 1. The highest BCUT2D eigenvalue weighted by Crippen LogP contribution is 2.27. The fourth-order valence-corrected chi connectivity index (χ4v) is 3.32. The summed E-state index contributed by atoms with van der Waals surface area (Å²) in [6.45, 7) is 2.74. The van der Waals surface area contributed by atoms with Crippen molar-refractivity contribution in [3.05, 3.63) is 77.6 Å². The first-order valence-corrected chi connectivity index (χ1v) is 11.0. The first kappa shape index (κ1) is 24.5. The molecule has 0 spiro atoms. The van der Waals surface area contributed by atoms with E-state index >= 15 is 0 Å². The second-order valence-electron chi connectivity index (χ2n) is 8.19. The summed E-state index contributed by atoms with van der Waals surface area (Å²) in [7, 11) is 3.84. The van der Waals surface area contributed by atoms with E-state index in [1.54, 1.807) is 49.4 Å². The molecule has 1 amide bonds. The molecule has 0 radical (unpaired) electrons. The molecular formula is C26H23FN6O3. The maximum atomic E-state index is 14.8. The second kappa shape index (κ2) is 10.8. The van der Waals surface area contributed by atoms with Gasteiger partial charge in [0.1, 0.15) is 24.2 Å². The number of hydrogen-bond acceptors (Lipinski definition) is 8. The number of nitriles is 1. The molecule has 0 atom stereocenters. The van der Waals surface area contributed by atoms with Gasteiger partial charge >= 0.3 is 0 Å². The molecule has 4 rings (SSSR count). The molecule has 1 N–H and O–H groups in total. The van der Waals surface area contributed by atoms with E-state index in [1.165, 1.54) is 12.3 Å². The molecule has 2 aromatic carbocycles. The fraction of sp³-hybridized carbons (Fsp3) is 0.192. The van der Waals surface area contributed by atoms with E-state index in [1.807, 2.05) is 19.0 Å². The number of benzene rings is 2. The van der Waals surface area contributed by atoms with Crippen LogP contribution in [0.1, 0.15) is 21.8 Å². The van der Waals surface area contributed by atoms with E-state index in [9.17, 15) is 14.4 Å². The van der Waals surface area contributed by atoms with Gasteiger partial charge in [-0.05, 0) is 50.5 Å². The van der Waals surface area contributed by atoms with Crippen LogP contribution in [0.3, 0.4) is 0 Å². The number of nitrogens with zero attached hydrogens (tertiary/aromatic N) is 5. The van der Waals surface area contributed by atoms with Gasteiger partial charge in [-0.2, -0.15) is 10.2 Å². The average molecular weight is 487 g/mol. The lowest BCUT2D eigenvalue weighted by Crippen LogP contribution is -2.19. The third-order valence-corrected chi connectivity index (χ3v) is 5.21. The van der Waals surface area contributed by atoms with Crippen molar-refractivity contribution >= 4 is 11.6 Å². The normalized spacial score (nSPS) is 10.8. The Hall–Kier alpha value is -4.62. The molecule has 4 aromatic rings. The molecule has 0 aliphatic heterocycles. The van der Waals surface area contributed by atoms with E-state index in [-0.39, 0.29) is 11.1 Å². The van der Waals surface area contributed by atoms with Crippen LogP contribution < -0.4 is 10.1 Å². The minimum absolute atomic E-state index is 0.275. The van der Waals surface area contributed by atoms with E-state index in [0.717, 1.165) is 0 Å². The maximum Gasteiger partial charge on any atom is 0.257 e. The van der Waals surface area contributed by atoms with Gasteiger partial charge in [0.05, 0.1) is 16.8 Å². The van der Waals surface area contributed by atoms with Gasteiger partial charge in [-0.3, -0.25) is 9.78 Å². The number of carbonyl (C=O) groups is 1. The molecule has 36 heavy (non-hydrogen) atoms. The van der Waals surface area contributed by atoms with Gasteiger partial charge in [-0.25, -0.2) is 4.39 Å². The van der Waals surface area contributed by atoms with Crippen LogP contribution in [-0.2, 0) is 0 Å². The first-order valence-electron chi connectivity index (χ1n) is 11.0. The largest absolute Gasteiger partial charge is 0.491 e. The van der Waals surface area contributed by atoms with Crippen LogP contribution in [-0.4, -0.2) is 53.2 Å². The topological polar surface area (TPSA) is 117 Å². The molecule has 0 unspecified atom stereocenters. The number of anilines is 1. The Morgan fingerprint density at radius 3 is 2.67 bits per heavy atom. The van der Waals surface area contributed by atoms with Crippen LogP contribution in [0.25, 0.3) is 22.6 Å². The molecule has 10 heteroatoms. The SMILES string of the molecule is Cc1nc(-c2ccc(-c3ccc(C(=O)Nc4ccc(C#N)c(OCCN(C)C)c4)cn3)c(F)c2)no1. The van der Waals surface area contributed by atoms with Crippen LogP contribution >= 0.6 is 0 Å². The van der Waals surface area contributed by atoms with Gasteiger partial charge < -0.3 is 19.5 Å². The summed E-state index contributed by atoms with van der Waals surface area (Å²) in [5.41, 5.74) is 2.27. The quantitative estimate of drug-likeness (QED) is 0.392. The Balaban J connectivity index is 1.46. The molecule has 0 aliphatic carbocycles. The highest BCUT2D eigenvalue weighted by atomic mass is 19.1. The Morgan fingerprint density at radius 2 is 2.03 bits per heavy atom. The summed E-state index contributed by atoms with van der Waals surface area (Å²) in [5, 5.41) is 15.9. The number of halogens is 1. The highest BCUT2D eigenvalue weighted by Gasteiger charge is 2.14. The third-order valence-electron chi connectivity index (χ3n) is 5.21. The van der Waals surface area contributed by atoms with Gasteiger partial charge in [0.25, 0.3) is 5.91 Å². The van der Waals surface area contributed by atoms with Crippen LogP contribution in [0, 0.1) is 24.1 Å². The number of hydrogen-bond donors (Lipinski definition) is 1. The monoisotopic (exact) mass is 486 g/mol. The zero-order valence-corrected chi connectivity index (χ0v) is 19.9. The number of aromatic nitrogens is 3. The molecule has 9 nitrogen and oxygen atoms in total. The maximum absolute atomic E-state index is 14.8. The van der Waals surface area contributed by atoms with Crippen molar-refractivity contribution in [2.75, 3.05) is 32.6 Å². The minimum atomic E-state index is -0.501. The first-order chi connectivity index (χ1) is 17.3. The lowest BCUT2D eigenvalue weighted by atomic mass is 10.1. The van der Waals surface area contributed by atoms with E-state index in [2.05, 4.69) is 26.5 Å². The number of carbonyl (C=O) groups excluding carboxylic acids is 1. The summed E-state index contributed by atoms with van der Waals surface area (Å²) in [4.78, 5) is 23.1. The van der Waals surface area contributed by atoms with Gasteiger partial charge in [0.15, 0.2) is 0 Å². The predicted octanol–water partition coefficient (Wildman–Crippen LogP) is 4.31. The van der Waals surface area contributed by atoms with Crippen molar-refractivity contribution in [2.45, 2.75) is 6.92 Å². The van der Waals surface area contributed by atoms with Gasteiger partial charge in [-0.15, -0.1) is 0 Å². The van der Waals surface area contributed by atoms with Crippen LogP contribution in [0.4, 0.5) is 10.1 Å². The molecule has 0 saturated carbocycles. The Kier molecular flexibility index (Phi) is 7.32. The molecule has 2 aromatic heterocycles. The van der Waals surface area contributed by atoms with E-state index in [4.69, 9.17) is 9.26 Å². The second-order valence-corrected chi connectivity index (χ2v) is 8.19. The smallest absolute Gasteiger partial charge is 0.257 e. The molecule has 2 heterocycles. The Bertz CT molecular complexity index is 1430. The van der Waals surface area contributed by atoms with Crippen molar-refractivity contribution in [1.29, 1.82) is 5.26 Å². The number of aryl methyl sites for hydroxylation is 1. The standard InChI is InChI=1S/C26H23FN6O3/c1-16-30-25(32-36-16)17-5-8-21(22(27)12-17)23-9-6-19(15-29-23)26(34)31-20-7-4-18(14-28)24(13-20)35-11-10-33(2)3/h4-9,12-13,15H,10-11H2,1-3H3,(H,31,34). The van der Waals surface area contributed by atoms with Crippen molar-refractivity contribution in [3.8, 4) is 34.5 Å². The van der Waals surface area contributed by atoms with Crippen LogP contribution in [0.5, 0.6) is 5.75 Å². The van der Waals surface area contributed by atoms with Crippen LogP contribution in [0.2, 0.25) is 0 Å². The zero-order valence-electron chi connectivity index (χ0n) is 19.9. The fourth-order valence-electron chi connectivity index (χ4n) is 3.32. The molecular weight excluding hydrogens is 463 g/mol. The third kappa shape index (κ3) is 5.71. The lowest BCUT2D eigenvalue weighted by Gasteiger charge is -2.13. The van der Waals surface area contributed by atoms with Crippen molar-refractivity contribution < 1.29 is 18.4 Å². The molecule has 0 aliphatic rings. The Morgan fingerprint density at radius 1 is 1.19 bits per heavy atom. The van der Waals surface area contributed by atoms with Crippen LogP contribution in [0.15, 0.2) is 59.3 Å². The van der Waals surface area contributed by atoms with E-state index in [0.29, 0.717) is 53.1 Å². The number of ether oxygens (including phenoxy) is 1. The molecule has 0 saturated heterocycles. The van der Waals surface area contributed by atoms with Crippen molar-refractivity contribution in [2.24, 2.45) is 0 Å². The lowest BCUT2D eigenvalue weighted by molar-refractivity contribution is 0.102. The van der Waals surface area contributed by atoms with Gasteiger partial charge in [-0.1, -0.05) is 11.2 Å².